The topological polar surface area (TPSA) is 90.3 Å². The minimum absolute atomic E-state index is 0.0235. The van der Waals surface area contributed by atoms with Gasteiger partial charge in [0.05, 0.1) is 11.4 Å². The van der Waals surface area contributed by atoms with Gasteiger partial charge in [-0.2, -0.15) is 5.10 Å². The quantitative estimate of drug-likeness (QED) is 0.666. The molecule has 1 heterocycles. The molecule has 28 heavy (non-hydrogen) atoms. The Bertz CT molecular complexity index is 1110. The zero-order valence-corrected chi connectivity index (χ0v) is 16.1. The summed E-state index contributed by atoms with van der Waals surface area (Å²) >= 11 is 6.12. The third kappa shape index (κ3) is 4.04. The van der Waals surface area contributed by atoms with Crippen LogP contribution in [0.2, 0.25) is 5.02 Å². The molecule has 1 aromatic heterocycles. The molecule has 0 unspecified atom stereocenters. The van der Waals surface area contributed by atoms with Crippen molar-refractivity contribution in [2.75, 3.05) is 6.61 Å². The smallest absolute Gasteiger partial charge is 0.359 e. The van der Waals surface area contributed by atoms with Crippen LogP contribution < -0.4 is 10.9 Å². The largest absolute Gasteiger partial charge is 0.451 e. The monoisotopic (exact) mass is 399 g/mol. The molecule has 0 spiro atoms. The zero-order chi connectivity index (χ0) is 20.3. The van der Waals surface area contributed by atoms with Crippen LogP contribution in [0.25, 0.3) is 10.8 Å². The Morgan fingerprint density at radius 3 is 2.50 bits per heavy atom. The van der Waals surface area contributed by atoms with Crippen molar-refractivity contribution >= 4 is 34.2 Å². The van der Waals surface area contributed by atoms with Gasteiger partial charge in [0.25, 0.3) is 11.5 Å². The first-order valence-corrected chi connectivity index (χ1v) is 8.93. The summed E-state index contributed by atoms with van der Waals surface area (Å²) in [7, 11) is 1.45. The van der Waals surface area contributed by atoms with Crippen LogP contribution in [0.5, 0.6) is 0 Å². The Morgan fingerprint density at radius 1 is 1.14 bits per heavy atom. The highest BCUT2D eigenvalue weighted by molar-refractivity contribution is 6.31. The van der Waals surface area contributed by atoms with Crippen LogP contribution in [0.15, 0.2) is 53.3 Å². The first kappa shape index (κ1) is 19.6. The second-order valence-electron chi connectivity index (χ2n) is 6.21. The van der Waals surface area contributed by atoms with Gasteiger partial charge in [-0.25, -0.2) is 9.48 Å². The minimum Gasteiger partial charge on any atom is -0.451 e. The average molecular weight is 400 g/mol. The maximum Gasteiger partial charge on any atom is 0.359 e. The van der Waals surface area contributed by atoms with E-state index < -0.39 is 18.5 Å². The molecule has 3 aromatic rings. The van der Waals surface area contributed by atoms with Crippen molar-refractivity contribution in [1.29, 1.82) is 0 Å². The van der Waals surface area contributed by atoms with E-state index in [4.69, 9.17) is 16.3 Å². The van der Waals surface area contributed by atoms with E-state index in [2.05, 4.69) is 10.4 Å². The van der Waals surface area contributed by atoms with Gasteiger partial charge < -0.3 is 10.1 Å². The zero-order valence-electron chi connectivity index (χ0n) is 15.3. The van der Waals surface area contributed by atoms with Gasteiger partial charge in [-0.15, -0.1) is 0 Å². The van der Waals surface area contributed by atoms with Crippen molar-refractivity contribution in [2.24, 2.45) is 7.05 Å². The number of benzene rings is 2. The number of carbonyl (C=O) groups is 2. The number of nitrogens with one attached hydrogen (secondary N) is 1. The summed E-state index contributed by atoms with van der Waals surface area (Å²) in [6, 6.07) is 13.4. The molecular weight excluding hydrogens is 382 g/mol. The number of fused-ring (bicyclic) bond motifs is 1. The van der Waals surface area contributed by atoms with Crippen molar-refractivity contribution in [3.8, 4) is 0 Å². The molecule has 144 valence electrons. The summed E-state index contributed by atoms with van der Waals surface area (Å²) in [5.41, 5.74) is 0.415. The maximum absolute atomic E-state index is 12.4. The Labute approximate surface area is 165 Å². The molecule has 0 radical (unpaired) electrons. The first-order chi connectivity index (χ1) is 13.4. The number of esters is 1. The van der Waals surface area contributed by atoms with Crippen LogP contribution in [-0.4, -0.2) is 28.3 Å². The van der Waals surface area contributed by atoms with Gasteiger partial charge >= 0.3 is 5.97 Å². The lowest BCUT2D eigenvalue weighted by atomic mass is 10.1. The fraction of sp³-hybridized carbons (Fsp3) is 0.200. The average Bonchev–Trinajstić information content (AvgIpc) is 2.69. The van der Waals surface area contributed by atoms with E-state index in [1.54, 1.807) is 49.4 Å². The van der Waals surface area contributed by atoms with Crippen molar-refractivity contribution in [3.05, 3.63) is 75.2 Å². The maximum atomic E-state index is 12.4. The van der Waals surface area contributed by atoms with Gasteiger partial charge in [0.2, 0.25) is 0 Å². The van der Waals surface area contributed by atoms with Crippen LogP contribution in [-0.2, 0) is 16.6 Å². The van der Waals surface area contributed by atoms with Gasteiger partial charge in [-0.05, 0) is 24.6 Å². The molecule has 0 aliphatic heterocycles. The molecular formula is C20H18ClN3O4. The van der Waals surface area contributed by atoms with E-state index in [-0.39, 0.29) is 17.3 Å². The molecule has 0 bridgehead atoms. The molecule has 8 heteroatoms. The predicted octanol–water partition coefficient (Wildman–Crippen LogP) is 2.62. The standard InChI is InChI=1S/C20H18ClN3O4/c1-12(13-7-5-6-10-16(13)21)22-17(25)11-28-20(27)18-14-8-3-4-9-15(14)19(26)24(2)23-18/h3-10,12H,11H2,1-2H3,(H,22,25)/t12-/m1/s1. The molecule has 0 saturated heterocycles. The fourth-order valence-electron chi connectivity index (χ4n) is 2.84. The van der Waals surface area contributed by atoms with Crippen molar-refractivity contribution in [1.82, 2.24) is 15.1 Å². The van der Waals surface area contributed by atoms with Crippen molar-refractivity contribution in [2.45, 2.75) is 13.0 Å². The van der Waals surface area contributed by atoms with E-state index in [0.29, 0.717) is 15.8 Å². The SMILES string of the molecule is C[C@@H](NC(=O)COC(=O)c1nn(C)c(=O)c2ccccc12)c1ccccc1Cl. The van der Waals surface area contributed by atoms with E-state index in [1.807, 2.05) is 6.07 Å². The Kier molecular flexibility index (Phi) is 5.75. The predicted molar refractivity (Wildman–Crippen MR) is 105 cm³/mol. The number of ether oxygens (including phenoxy) is 1. The second kappa shape index (κ2) is 8.22. The Balaban J connectivity index is 1.70. The lowest BCUT2D eigenvalue weighted by molar-refractivity contribution is -0.124. The molecule has 2 aromatic carbocycles. The van der Waals surface area contributed by atoms with Crippen LogP contribution in [0.4, 0.5) is 0 Å². The van der Waals surface area contributed by atoms with Gasteiger partial charge in [0.1, 0.15) is 0 Å². The Hall–Kier alpha value is -3.19. The first-order valence-electron chi connectivity index (χ1n) is 8.55. The number of halogens is 1. The Morgan fingerprint density at radius 2 is 1.79 bits per heavy atom. The number of amides is 1. The fourth-order valence-corrected chi connectivity index (χ4v) is 3.14. The number of rotatable bonds is 5. The van der Waals surface area contributed by atoms with Crippen LogP contribution in [0.3, 0.4) is 0 Å². The van der Waals surface area contributed by atoms with Crippen LogP contribution >= 0.6 is 11.6 Å². The van der Waals surface area contributed by atoms with E-state index in [9.17, 15) is 14.4 Å². The highest BCUT2D eigenvalue weighted by Crippen LogP contribution is 2.22. The number of hydrogen-bond acceptors (Lipinski definition) is 5. The highest BCUT2D eigenvalue weighted by Gasteiger charge is 2.19. The van der Waals surface area contributed by atoms with Gasteiger partial charge in [0, 0.05) is 17.5 Å². The second-order valence-corrected chi connectivity index (χ2v) is 6.62. The molecule has 0 aliphatic carbocycles. The summed E-state index contributed by atoms with van der Waals surface area (Å²) in [4.78, 5) is 36.7. The number of carbonyl (C=O) groups excluding carboxylic acids is 2. The van der Waals surface area contributed by atoms with E-state index in [0.717, 1.165) is 10.2 Å². The molecule has 0 aliphatic rings. The molecule has 0 saturated carbocycles. The summed E-state index contributed by atoms with van der Waals surface area (Å²) in [5, 5.41) is 7.97. The van der Waals surface area contributed by atoms with Crippen LogP contribution in [0.1, 0.15) is 29.0 Å². The number of aromatic nitrogens is 2. The normalized spacial score (nSPS) is 11.8. The van der Waals surface area contributed by atoms with Crippen molar-refractivity contribution < 1.29 is 14.3 Å². The lowest BCUT2D eigenvalue weighted by Gasteiger charge is -2.15. The van der Waals surface area contributed by atoms with Gasteiger partial charge in [-0.1, -0.05) is 48.0 Å². The summed E-state index contributed by atoms with van der Waals surface area (Å²) in [6.07, 6.45) is 0. The molecule has 3 rings (SSSR count). The molecule has 1 N–H and O–H groups in total. The van der Waals surface area contributed by atoms with Crippen LogP contribution in [0, 0.1) is 0 Å². The highest BCUT2D eigenvalue weighted by atomic mass is 35.5. The minimum atomic E-state index is -0.785. The van der Waals surface area contributed by atoms with Gasteiger partial charge in [0.15, 0.2) is 12.3 Å². The number of aryl methyl sites for hydroxylation is 1. The summed E-state index contributed by atoms with van der Waals surface area (Å²) in [5.74, 6) is -1.26. The third-order valence-corrected chi connectivity index (χ3v) is 4.58. The number of nitrogens with zero attached hydrogens (tertiary/aromatic N) is 2. The molecule has 0 fully saturated rings. The summed E-state index contributed by atoms with van der Waals surface area (Å²) < 4.78 is 6.17. The summed E-state index contributed by atoms with van der Waals surface area (Å²) in [6.45, 7) is 1.30. The number of hydrogen-bond donors (Lipinski definition) is 1. The third-order valence-electron chi connectivity index (χ3n) is 4.23. The molecule has 1 atom stereocenters. The van der Waals surface area contributed by atoms with Crippen molar-refractivity contribution in [3.63, 3.8) is 0 Å². The van der Waals surface area contributed by atoms with Gasteiger partial charge in [-0.3, -0.25) is 9.59 Å². The molecule has 1 amide bonds. The lowest BCUT2D eigenvalue weighted by Crippen LogP contribution is -2.32. The van der Waals surface area contributed by atoms with E-state index in [1.165, 1.54) is 7.05 Å². The molecule has 7 nitrogen and oxygen atoms in total. The van der Waals surface area contributed by atoms with E-state index >= 15 is 0 Å².